The fourth-order valence-electron chi connectivity index (χ4n) is 1.99. The number of amides is 1. The molecular formula is C17H12ClN3O5. The third kappa shape index (κ3) is 5.03. The Kier molecular flexibility index (Phi) is 6.25. The number of rotatable bonds is 6. The van der Waals surface area contributed by atoms with Gasteiger partial charge in [0.25, 0.3) is 11.6 Å². The van der Waals surface area contributed by atoms with Crippen LogP contribution in [0, 0.1) is 21.4 Å². The van der Waals surface area contributed by atoms with Gasteiger partial charge in [0, 0.05) is 11.6 Å². The van der Waals surface area contributed by atoms with E-state index in [0.717, 1.165) is 6.07 Å². The molecule has 0 bridgehead atoms. The molecule has 2 aromatic rings. The van der Waals surface area contributed by atoms with Crippen molar-refractivity contribution in [1.29, 1.82) is 5.26 Å². The molecule has 26 heavy (non-hydrogen) atoms. The van der Waals surface area contributed by atoms with Gasteiger partial charge in [0.2, 0.25) is 0 Å². The number of carbonyl (C=O) groups is 2. The van der Waals surface area contributed by atoms with E-state index in [4.69, 9.17) is 21.6 Å². The van der Waals surface area contributed by atoms with Gasteiger partial charge in [-0.25, -0.2) is 0 Å². The fraction of sp³-hybridized carbons (Fsp3) is 0.118. The summed E-state index contributed by atoms with van der Waals surface area (Å²) in [6, 6.07) is 12.1. The Bertz CT molecular complexity index is 908. The summed E-state index contributed by atoms with van der Waals surface area (Å²) in [5.74, 6) is -1.36. The van der Waals surface area contributed by atoms with Crippen LogP contribution in [0.1, 0.15) is 21.5 Å². The number of nitro benzene ring substituents is 1. The minimum absolute atomic E-state index is 0.00405. The molecule has 0 aliphatic carbocycles. The molecule has 0 atom stereocenters. The lowest BCUT2D eigenvalue weighted by Gasteiger charge is -2.07. The van der Waals surface area contributed by atoms with Crippen molar-refractivity contribution in [3.63, 3.8) is 0 Å². The van der Waals surface area contributed by atoms with E-state index in [1.165, 1.54) is 12.1 Å². The number of carbonyl (C=O) groups excluding carboxylic acids is 2. The summed E-state index contributed by atoms with van der Waals surface area (Å²) < 4.78 is 5.00. The van der Waals surface area contributed by atoms with E-state index < -0.39 is 29.0 Å². The summed E-state index contributed by atoms with van der Waals surface area (Å²) >= 11 is 5.68. The van der Waals surface area contributed by atoms with Crippen molar-refractivity contribution in [2.75, 3.05) is 6.54 Å². The van der Waals surface area contributed by atoms with E-state index in [0.29, 0.717) is 11.1 Å². The van der Waals surface area contributed by atoms with E-state index in [1.54, 1.807) is 24.3 Å². The second kappa shape index (κ2) is 8.60. The lowest BCUT2D eigenvalue weighted by molar-refractivity contribution is -0.384. The smallest absolute Gasteiger partial charge is 0.325 e. The molecule has 0 fully saturated rings. The average molecular weight is 374 g/mol. The van der Waals surface area contributed by atoms with Gasteiger partial charge in [-0.2, -0.15) is 5.26 Å². The number of ether oxygens (including phenoxy) is 1. The Morgan fingerprint density at radius 3 is 2.73 bits per heavy atom. The number of hydrogen-bond acceptors (Lipinski definition) is 6. The lowest BCUT2D eigenvalue weighted by atomic mass is 10.1. The first-order valence-electron chi connectivity index (χ1n) is 7.27. The van der Waals surface area contributed by atoms with Gasteiger partial charge in [0.1, 0.15) is 18.2 Å². The van der Waals surface area contributed by atoms with Crippen molar-refractivity contribution in [1.82, 2.24) is 5.32 Å². The number of nitro groups is 1. The number of halogens is 1. The zero-order valence-electron chi connectivity index (χ0n) is 13.3. The number of nitrogens with zero attached hydrogens (tertiary/aromatic N) is 2. The van der Waals surface area contributed by atoms with Crippen LogP contribution in [0.4, 0.5) is 5.69 Å². The maximum atomic E-state index is 12.0. The van der Waals surface area contributed by atoms with E-state index in [1.807, 2.05) is 6.07 Å². The van der Waals surface area contributed by atoms with E-state index >= 15 is 0 Å². The number of nitrogens with one attached hydrogen (secondary N) is 1. The first kappa shape index (κ1) is 18.9. The van der Waals surface area contributed by atoms with Gasteiger partial charge in [-0.15, -0.1) is 0 Å². The molecule has 0 heterocycles. The van der Waals surface area contributed by atoms with Gasteiger partial charge in [-0.3, -0.25) is 19.7 Å². The molecule has 0 unspecified atom stereocenters. The number of nitriles is 1. The first-order valence-corrected chi connectivity index (χ1v) is 7.65. The topological polar surface area (TPSA) is 122 Å². The molecule has 1 N–H and O–H groups in total. The minimum Gasteiger partial charge on any atom is -0.460 e. The van der Waals surface area contributed by atoms with Gasteiger partial charge in [-0.05, 0) is 29.8 Å². The highest BCUT2D eigenvalue weighted by molar-refractivity contribution is 6.32. The van der Waals surface area contributed by atoms with Gasteiger partial charge in [0.05, 0.1) is 16.6 Å². The Morgan fingerprint density at radius 1 is 1.27 bits per heavy atom. The molecule has 0 saturated heterocycles. The van der Waals surface area contributed by atoms with Crippen LogP contribution in [-0.4, -0.2) is 23.3 Å². The molecule has 0 aromatic heterocycles. The minimum atomic E-state index is -0.706. The second-order valence-corrected chi connectivity index (χ2v) is 5.49. The molecular weight excluding hydrogens is 362 g/mol. The van der Waals surface area contributed by atoms with Gasteiger partial charge in [-0.1, -0.05) is 23.7 Å². The lowest BCUT2D eigenvalue weighted by Crippen LogP contribution is -2.30. The predicted octanol–water partition coefficient (Wildman–Crippen LogP) is 2.59. The van der Waals surface area contributed by atoms with Gasteiger partial charge in [0.15, 0.2) is 0 Å². The normalized spacial score (nSPS) is 9.85. The molecule has 1 amide bonds. The molecule has 0 saturated carbocycles. The molecule has 0 spiro atoms. The summed E-state index contributed by atoms with van der Waals surface area (Å²) in [5.41, 5.74) is 0.670. The zero-order valence-corrected chi connectivity index (χ0v) is 14.0. The Hall–Kier alpha value is -3.44. The van der Waals surface area contributed by atoms with Crippen LogP contribution in [-0.2, 0) is 16.1 Å². The van der Waals surface area contributed by atoms with E-state index in [9.17, 15) is 19.7 Å². The quantitative estimate of drug-likeness (QED) is 0.471. The summed E-state index contributed by atoms with van der Waals surface area (Å²) in [5, 5.41) is 21.9. The third-order valence-corrected chi connectivity index (χ3v) is 3.57. The summed E-state index contributed by atoms with van der Waals surface area (Å²) in [7, 11) is 0. The van der Waals surface area contributed by atoms with Crippen molar-refractivity contribution in [3.05, 3.63) is 74.3 Å². The van der Waals surface area contributed by atoms with E-state index in [-0.39, 0.29) is 17.2 Å². The highest BCUT2D eigenvalue weighted by Gasteiger charge is 2.17. The van der Waals surface area contributed by atoms with E-state index in [2.05, 4.69) is 5.32 Å². The average Bonchev–Trinajstić information content (AvgIpc) is 2.64. The Morgan fingerprint density at radius 2 is 2.04 bits per heavy atom. The molecule has 8 nitrogen and oxygen atoms in total. The van der Waals surface area contributed by atoms with Crippen LogP contribution in [0.5, 0.6) is 0 Å². The van der Waals surface area contributed by atoms with Crippen molar-refractivity contribution >= 4 is 29.2 Å². The van der Waals surface area contributed by atoms with Crippen LogP contribution < -0.4 is 5.32 Å². The maximum Gasteiger partial charge on any atom is 0.325 e. The van der Waals surface area contributed by atoms with Crippen molar-refractivity contribution in [2.24, 2.45) is 0 Å². The number of esters is 1. The summed E-state index contributed by atoms with van der Waals surface area (Å²) in [6.45, 7) is -0.455. The van der Waals surface area contributed by atoms with Crippen LogP contribution in [0.2, 0.25) is 5.02 Å². The van der Waals surface area contributed by atoms with Crippen LogP contribution in [0.25, 0.3) is 0 Å². The molecule has 0 aliphatic heterocycles. The predicted molar refractivity (Wildman–Crippen MR) is 91.4 cm³/mol. The molecule has 2 rings (SSSR count). The standard InChI is InChI=1S/C17H12ClN3O5/c18-14-5-4-13(7-15(14)21(24)25)17(23)20-9-16(22)26-10-12-3-1-2-11(6-12)8-19/h1-7H,9-10H2,(H,20,23). The SMILES string of the molecule is N#Cc1cccc(COC(=O)CNC(=O)c2ccc(Cl)c([N+](=O)[O-])c2)c1. The van der Waals surface area contributed by atoms with Crippen LogP contribution >= 0.6 is 11.6 Å². The summed E-state index contributed by atoms with van der Waals surface area (Å²) in [4.78, 5) is 33.8. The zero-order chi connectivity index (χ0) is 19.1. The highest BCUT2D eigenvalue weighted by atomic mass is 35.5. The molecule has 0 aliphatic rings. The molecule has 2 aromatic carbocycles. The number of hydrogen-bond donors (Lipinski definition) is 1. The van der Waals surface area contributed by atoms with Crippen molar-refractivity contribution in [2.45, 2.75) is 6.61 Å². The highest BCUT2D eigenvalue weighted by Crippen LogP contribution is 2.24. The third-order valence-electron chi connectivity index (χ3n) is 3.25. The molecule has 9 heteroatoms. The maximum absolute atomic E-state index is 12.0. The van der Waals surface area contributed by atoms with Crippen molar-refractivity contribution in [3.8, 4) is 6.07 Å². The largest absolute Gasteiger partial charge is 0.460 e. The molecule has 0 radical (unpaired) electrons. The van der Waals surface area contributed by atoms with Crippen LogP contribution in [0.15, 0.2) is 42.5 Å². The van der Waals surface area contributed by atoms with Gasteiger partial charge >= 0.3 is 5.97 Å². The fourth-order valence-corrected chi connectivity index (χ4v) is 2.18. The Labute approximate surface area is 153 Å². The van der Waals surface area contributed by atoms with Crippen LogP contribution in [0.3, 0.4) is 0 Å². The summed E-state index contributed by atoms with van der Waals surface area (Å²) in [6.07, 6.45) is 0. The molecule has 132 valence electrons. The second-order valence-electron chi connectivity index (χ2n) is 5.08. The number of benzene rings is 2. The Balaban J connectivity index is 1.89. The van der Waals surface area contributed by atoms with Crippen molar-refractivity contribution < 1.29 is 19.2 Å². The first-order chi connectivity index (χ1) is 12.4. The van der Waals surface area contributed by atoms with Gasteiger partial charge < -0.3 is 10.1 Å². The monoisotopic (exact) mass is 373 g/mol.